The fraction of sp³-hybridized carbons (Fsp3) is 0.462. The molecule has 0 aliphatic rings. The molecule has 2 unspecified atom stereocenters. The van der Waals surface area contributed by atoms with Crippen molar-refractivity contribution >= 4 is 5.97 Å². The molecule has 6 nitrogen and oxygen atoms in total. The Morgan fingerprint density at radius 1 is 1.16 bits per heavy atom. The van der Waals surface area contributed by atoms with Crippen LogP contribution >= 0.6 is 0 Å². The Morgan fingerprint density at radius 3 is 2.32 bits per heavy atom. The Balaban J connectivity index is 2.62. The van der Waals surface area contributed by atoms with Crippen molar-refractivity contribution in [1.82, 2.24) is 0 Å². The first kappa shape index (κ1) is 15.4. The largest absolute Gasteiger partial charge is 0.491 e. The van der Waals surface area contributed by atoms with Crippen LogP contribution in [0.1, 0.15) is 11.7 Å². The molecule has 0 saturated carbocycles. The van der Waals surface area contributed by atoms with E-state index in [1.165, 1.54) is 0 Å². The lowest BCUT2D eigenvalue weighted by Gasteiger charge is -2.16. The second-order valence-electron chi connectivity index (χ2n) is 3.82. The highest BCUT2D eigenvalue weighted by molar-refractivity contribution is 5.75. The number of hydrogen-bond donors (Lipinski definition) is 2. The normalized spacial score (nSPS) is 13.7. The topological polar surface area (TPSA) is 85.2 Å². The number of aliphatic hydroxyl groups is 2. The van der Waals surface area contributed by atoms with E-state index in [4.69, 9.17) is 9.47 Å². The molecule has 0 amide bonds. The molecule has 6 heteroatoms. The average Bonchev–Trinajstić information content (AvgIpc) is 2.46. The molecule has 2 N–H and O–H groups in total. The average molecular weight is 270 g/mol. The van der Waals surface area contributed by atoms with E-state index in [9.17, 15) is 15.0 Å². The van der Waals surface area contributed by atoms with Gasteiger partial charge in [-0.15, -0.1) is 0 Å². The summed E-state index contributed by atoms with van der Waals surface area (Å²) in [6.45, 7) is 0.897. The zero-order valence-electron chi connectivity index (χ0n) is 10.9. The Bertz CT molecular complexity index is 389. The van der Waals surface area contributed by atoms with Gasteiger partial charge in [0.05, 0.1) is 13.7 Å². The maximum atomic E-state index is 11.1. The number of methoxy groups -OCH3 is 2. The molecule has 0 aliphatic heterocycles. The predicted molar refractivity (Wildman–Crippen MR) is 66.8 cm³/mol. The van der Waals surface area contributed by atoms with E-state index in [1.807, 2.05) is 0 Å². The zero-order chi connectivity index (χ0) is 14.3. The first-order valence-corrected chi connectivity index (χ1v) is 5.75. The fourth-order valence-corrected chi connectivity index (χ4v) is 1.44. The summed E-state index contributed by atoms with van der Waals surface area (Å²) in [4.78, 5) is 11.1. The van der Waals surface area contributed by atoms with E-state index in [0.29, 0.717) is 24.5 Å². The van der Waals surface area contributed by atoms with Gasteiger partial charge in [-0.25, -0.2) is 4.79 Å². The highest BCUT2D eigenvalue weighted by Crippen LogP contribution is 2.21. The van der Waals surface area contributed by atoms with E-state index < -0.39 is 18.2 Å². The number of carbonyl (C=O) groups excluding carboxylic acids is 1. The molecule has 0 spiro atoms. The fourth-order valence-electron chi connectivity index (χ4n) is 1.44. The summed E-state index contributed by atoms with van der Waals surface area (Å²) in [6.07, 6.45) is -2.94. The summed E-state index contributed by atoms with van der Waals surface area (Å²) in [7, 11) is 2.72. The first-order valence-electron chi connectivity index (χ1n) is 5.75. The molecule has 1 aromatic rings. The van der Waals surface area contributed by atoms with Crippen molar-refractivity contribution in [3.8, 4) is 5.75 Å². The Kier molecular flexibility index (Phi) is 6.27. The molecule has 0 saturated heterocycles. The molecule has 106 valence electrons. The molecule has 0 aliphatic carbocycles. The van der Waals surface area contributed by atoms with Gasteiger partial charge in [-0.1, -0.05) is 12.1 Å². The van der Waals surface area contributed by atoms with Crippen LogP contribution in [0.4, 0.5) is 0 Å². The van der Waals surface area contributed by atoms with Crippen molar-refractivity contribution in [2.75, 3.05) is 27.4 Å². The minimum absolute atomic E-state index is 0.400. The van der Waals surface area contributed by atoms with Gasteiger partial charge >= 0.3 is 5.97 Å². The van der Waals surface area contributed by atoms with Crippen molar-refractivity contribution < 1.29 is 29.2 Å². The summed E-state index contributed by atoms with van der Waals surface area (Å²) in [5, 5.41) is 19.3. The van der Waals surface area contributed by atoms with Crippen LogP contribution in [0.25, 0.3) is 0 Å². The van der Waals surface area contributed by atoms with E-state index in [1.54, 1.807) is 31.4 Å². The van der Waals surface area contributed by atoms with Crippen LogP contribution in [-0.2, 0) is 14.3 Å². The molecular weight excluding hydrogens is 252 g/mol. The van der Waals surface area contributed by atoms with Gasteiger partial charge in [-0.05, 0) is 17.7 Å². The van der Waals surface area contributed by atoms with Crippen molar-refractivity contribution in [3.05, 3.63) is 29.8 Å². The number of hydrogen-bond acceptors (Lipinski definition) is 6. The van der Waals surface area contributed by atoms with Crippen LogP contribution in [0.3, 0.4) is 0 Å². The lowest BCUT2D eigenvalue weighted by atomic mass is 10.0. The van der Waals surface area contributed by atoms with Crippen LogP contribution in [0.2, 0.25) is 0 Å². The van der Waals surface area contributed by atoms with Gasteiger partial charge in [-0.2, -0.15) is 0 Å². The maximum Gasteiger partial charge on any atom is 0.337 e. The Labute approximate surface area is 111 Å². The number of rotatable bonds is 7. The third-order valence-electron chi connectivity index (χ3n) is 2.52. The van der Waals surface area contributed by atoms with Crippen molar-refractivity contribution in [2.45, 2.75) is 12.2 Å². The van der Waals surface area contributed by atoms with Crippen molar-refractivity contribution in [2.24, 2.45) is 0 Å². The monoisotopic (exact) mass is 270 g/mol. The molecule has 1 aromatic carbocycles. The molecule has 1 rings (SSSR count). The number of carbonyl (C=O) groups is 1. The Morgan fingerprint density at radius 2 is 1.79 bits per heavy atom. The standard InChI is InChI=1S/C13H18O6/c1-17-7-8-19-10-5-3-9(4-6-10)11(14)12(15)13(16)18-2/h3-6,11-12,14-15H,7-8H2,1-2H3. The van der Waals surface area contributed by atoms with E-state index in [0.717, 1.165) is 7.11 Å². The lowest BCUT2D eigenvalue weighted by molar-refractivity contribution is -0.156. The summed E-state index contributed by atoms with van der Waals surface area (Å²) in [5.41, 5.74) is 0.400. The third kappa shape index (κ3) is 4.51. The predicted octanol–water partition coefficient (Wildman–Crippen LogP) is 0.279. The van der Waals surface area contributed by atoms with Gasteiger partial charge < -0.3 is 24.4 Å². The summed E-state index contributed by atoms with van der Waals surface area (Å²) in [6, 6.07) is 6.41. The van der Waals surface area contributed by atoms with Gasteiger partial charge in [-0.3, -0.25) is 0 Å². The molecule has 0 heterocycles. The quantitative estimate of drug-likeness (QED) is 0.547. The van der Waals surface area contributed by atoms with Crippen LogP contribution < -0.4 is 4.74 Å². The number of esters is 1. The van der Waals surface area contributed by atoms with Crippen LogP contribution in [0.15, 0.2) is 24.3 Å². The minimum atomic E-state index is -1.61. The molecule has 0 bridgehead atoms. The molecule has 0 aromatic heterocycles. The van der Waals surface area contributed by atoms with E-state index >= 15 is 0 Å². The molecule has 19 heavy (non-hydrogen) atoms. The van der Waals surface area contributed by atoms with Gasteiger partial charge in [0.25, 0.3) is 0 Å². The van der Waals surface area contributed by atoms with Crippen molar-refractivity contribution in [1.29, 1.82) is 0 Å². The number of ether oxygens (including phenoxy) is 3. The zero-order valence-corrected chi connectivity index (χ0v) is 10.9. The van der Waals surface area contributed by atoms with Crippen LogP contribution in [-0.4, -0.2) is 49.7 Å². The minimum Gasteiger partial charge on any atom is -0.491 e. The smallest absolute Gasteiger partial charge is 0.337 e. The number of aliphatic hydroxyl groups excluding tert-OH is 2. The summed E-state index contributed by atoms with van der Waals surface area (Å²) < 4.78 is 14.6. The lowest BCUT2D eigenvalue weighted by Crippen LogP contribution is -2.28. The van der Waals surface area contributed by atoms with E-state index in [-0.39, 0.29) is 0 Å². The Hall–Kier alpha value is -1.63. The summed E-state index contributed by atoms with van der Waals surface area (Å²) >= 11 is 0. The van der Waals surface area contributed by atoms with Gasteiger partial charge in [0.1, 0.15) is 18.5 Å². The molecule has 0 fully saturated rings. The highest BCUT2D eigenvalue weighted by atomic mass is 16.5. The van der Waals surface area contributed by atoms with Gasteiger partial charge in [0, 0.05) is 7.11 Å². The van der Waals surface area contributed by atoms with Gasteiger partial charge in [0.15, 0.2) is 6.10 Å². The number of benzene rings is 1. The van der Waals surface area contributed by atoms with Crippen LogP contribution in [0, 0.1) is 0 Å². The SMILES string of the molecule is COCCOc1ccc(C(O)C(O)C(=O)OC)cc1. The van der Waals surface area contributed by atoms with Crippen molar-refractivity contribution in [3.63, 3.8) is 0 Å². The second kappa shape index (κ2) is 7.73. The highest BCUT2D eigenvalue weighted by Gasteiger charge is 2.26. The third-order valence-corrected chi connectivity index (χ3v) is 2.52. The molecule has 0 radical (unpaired) electrons. The molecule has 2 atom stereocenters. The van der Waals surface area contributed by atoms with E-state index in [2.05, 4.69) is 4.74 Å². The van der Waals surface area contributed by atoms with Crippen LogP contribution in [0.5, 0.6) is 5.75 Å². The maximum absolute atomic E-state index is 11.1. The first-order chi connectivity index (χ1) is 9.10. The second-order valence-corrected chi connectivity index (χ2v) is 3.82. The van der Waals surface area contributed by atoms with Gasteiger partial charge in [0.2, 0.25) is 0 Å². The molecular formula is C13H18O6. The summed E-state index contributed by atoms with van der Waals surface area (Å²) in [5.74, 6) is -0.270.